The van der Waals surface area contributed by atoms with E-state index in [9.17, 15) is 4.79 Å². The summed E-state index contributed by atoms with van der Waals surface area (Å²) in [6.45, 7) is 7.54. The summed E-state index contributed by atoms with van der Waals surface area (Å²) in [7, 11) is 1.72. The fraction of sp³-hybridized carbons (Fsp3) is 0.360. The molecule has 0 aromatic heterocycles. The molecule has 2 aromatic rings. The molecule has 1 heterocycles. The van der Waals surface area contributed by atoms with Crippen molar-refractivity contribution in [2.75, 3.05) is 46.5 Å². The highest BCUT2D eigenvalue weighted by Gasteiger charge is 2.27. The molecule has 3 rings (SSSR count). The normalized spacial score (nSPS) is 15.0. The minimum absolute atomic E-state index is 0.102. The van der Waals surface area contributed by atoms with Crippen molar-refractivity contribution >= 4 is 11.9 Å². The van der Waals surface area contributed by atoms with Crippen LogP contribution in [0.4, 0.5) is 0 Å². The van der Waals surface area contributed by atoms with Gasteiger partial charge < -0.3 is 25.0 Å². The summed E-state index contributed by atoms with van der Waals surface area (Å²) < 4.78 is 11.1. The maximum atomic E-state index is 13.3. The van der Waals surface area contributed by atoms with E-state index in [-0.39, 0.29) is 11.8 Å². The zero-order valence-corrected chi connectivity index (χ0v) is 18.6. The third-order valence-electron chi connectivity index (χ3n) is 5.30. The molecule has 0 spiro atoms. The number of carbonyl (C=O) groups is 1. The van der Waals surface area contributed by atoms with Gasteiger partial charge >= 0.3 is 0 Å². The second-order valence-electron chi connectivity index (χ2n) is 7.41. The van der Waals surface area contributed by atoms with Gasteiger partial charge in [-0.3, -0.25) is 9.79 Å². The molecule has 0 bridgehead atoms. The molecule has 1 unspecified atom stereocenters. The molecular formula is C25H32N4O3. The van der Waals surface area contributed by atoms with Crippen LogP contribution >= 0.6 is 0 Å². The molecule has 0 saturated carbocycles. The molecule has 1 aliphatic rings. The molecule has 1 saturated heterocycles. The Kier molecular flexibility index (Phi) is 9.13. The smallest absolute Gasteiger partial charge is 0.232 e. The van der Waals surface area contributed by atoms with Gasteiger partial charge in [0.1, 0.15) is 12.4 Å². The van der Waals surface area contributed by atoms with Gasteiger partial charge in [0.25, 0.3) is 0 Å². The first-order chi connectivity index (χ1) is 15.7. The van der Waals surface area contributed by atoms with Crippen molar-refractivity contribution in [3.63, 3.8) is 0 Å². The molecule has 7 nitrogen and oxygen atoms in total. The number of hydrogen-bond acceptors (Lipinski definition) is 4. The highest BCUT2D eigenvalue weighted by Crippen LogP contribution is 2.19. The Bertz CT molecular complexity index is 895. The quantitative estimate of drug-likeness (QED) is 0.359. The lowest BCUT2D eigenvalue weighted by molar-refractivity contribution is -0.136. The number of morpholine rings is 1. The number of guanidine groups is 1. The van der Waals surface area contributed by atoms with Crippen molar-refractivity contribution in [3.8, 4) is 5.75 Å². The summed E-state index contributed by atoms with van der Waals surface area (Å²) in [5.74, 6) is 1.22. The summed E-state index contributed by atoms with van der Waals surface area (Å²) >= 11 is 0. The van der Waals surface area contributed by atoms with E-state index in [0.29, 0.717) is 52.0 Å². The first kappa shape index (κ1) is 23.3. The number of nitrogens with one attached hydrogen (secondary N) is 2. The predicted octanol–water partition coefficient (Wildman–Crippen LogP) is 2.56. The van der Waals surface area contributed by atoms with Crippen LogP contribution in [0.15, 0.2) is 72.2 Å². The molecule has 1 amide bonds. The molecule has 32 heavy (non-hydrogen) atoms. The van der Waals surface area contributed by atoms with Gasteiger partial charge in [-0.2, -0.15) is 0 Å². The van der Waals surface area contributed by atoms with Crippen LogP contribution in [-0.4, -0.2) is 63.3 Å². The Morgan fingerprint density at radius 3 is 2.59 bits per heavy atom. The first-order valence-electron chi connectivity index (χ1n) is 10.9. The second-order valence-corrected chi connectivity index (χ2v) is 7.41. The Hall–Kier alpha value is -3.32. The number of benzene rings is 2. The van der Waals surface area contributed by atoms with E-state index in [0.717, 1.165) is 16.9 Å². The Morgan fingerprint density at radius 1 is 1.16 bits per heavy atom. The van der Waals surface area contributed by atoms with E-state index in [4.69, 9.17) is 9.47 Å². The molecule has 7 heteroatoms. The maximum Gasteiger partial charge on any atom is 0.232 e. The van der Waals surface area contributed by atoms with E-state index in [2.05, 4.69) is 22.2 Å². The van der Waals surface area contributed by atoms with E-state index in [1.54, 1.807) is 13.1 Å². The summed E-state index contributed by atoms with van der Waals surface area (Å²) in [4.78, 5) is 19.5. The SMILES string of the molecule is C=CCOc1ccccc1CNC(=NC)NCC(C(=O)N1CCOCC1)c1ccccc1. The molecule has 170 valence electrons. The van der Waals surface area contributed by atoms with E-state index >= 15 is 0 Å². The minimum Gasteiger partial charge on any atom is -0.489 e. The molecule has 0 radical (unpaired) electrons. The molecule has 0 aliphatic carbocycles. The van der Waals surface area contributed by atoms with Crippen LogP contribution in [0.25, 0.3) is 0 Å². The lowest BCUT2D eigenvalue weighted by atomic mass is 9.97. The standard InChI is InChI=1S/C25H32N4O3/c1-3-15-32-23-12-8-7-11-21(23)18-27-25(26-2)28-19-22(20-9-5-4-6-10-20)24(30)29-13-16-31-17-14-29/h3-12,22H,1,13-19H2,2H3,(H2,26,27,28). The molecule has 1 aliphatic heterocycles. The number of rotatable bonds is 9. The highest BCUT2D eigenvalue weighted by atomic mass is 16.5. The zero-order chi connectivity index (χ0) is 22.6. The third kappa shape index (κ3) is 6.59. The van der Waals surface area contributed by atoms with Crippen molar-refractivity contribution in [2.24, 2.45) is 4.99 Å². The first-order valence-corrected chi connectivity index (χ1v) is 10.9. The van der Waals surface area contributed by atoms with Crippen molar-refractivity contribution in [1.82, 2.24) is 15.5 Å². The van der Waals surface area contributed by atoms with Gasteiger partial charge in [-0.05, 0) is 11.6 Å². The number of para-hydroxylation sites is 1. The molecule has 2 N–H and O–H groups in total. The molecule has 2 aromatic carbocycles. The highest BCUT2D eigenvalue weighted by molar-refractivity contribution is 5.86. The Balaban J connectivity index is 1.64. The van der Waals surface area contributed by atoms with E-state index < -0.39 is 0 Å². The van der Waals surface area contributed by atoms with Gasteiger partial charge in [-0.1, -0.05) is 61.2 Å². The third-order valence-corrected chi connectivity index (χ3v) is 5.30. The monoisotopic (exact) mass is 436 g/mol. The topological polar surface area (TPSA) is 75.2 Å². The van der Waals surface area contributed by atoms with Crippen LogP contribution in [0.1, 0.15) is 17.0 Å². The number of ether oxygens (including phenoxy) is 2. The second kappa shape index (κ2) is 12.5. The molecular weight excluding hydrogens is 404 g/mol. The summed E-state index contributed by atoms with van der Waals surface area (Å²) in [5.41, 5.74) is 2.00. The molecule has 1 atom stereocenters. The van der Waals surface area contributed by atoms with Gasteiger partial charge in [0.05, 0.1) is 19.1 Å². The number of amides is 1. The van der Waals surface area contributed by atoms with Crippen LogP contribution < -0.4 is 15.4 Å². The summed E-state index contributed by atoms with van der Waals surface area (Å²) in [5, 5.41) is 6.64. The van der Waals surface area contributed by atoms with Gasteiger partial charge in [-0.15, -0.1) is 0 Å². The predicted molar refractivity (Wildman–Crippen MR) is 127 cm³/mol. The van der Waals surface area contributed by atoms with Crippen LogP contribution in [0.5, 0.6) is 5.75 Å². The lowest BCUT2D eigenvalue weighted by Crippen LogP contribution is -2.47. The minimum atomic E-state index is -0.309. The largest absolute Gasteiger partial charge is 0.489 e. The van der Waals surface area contributed by atoms with Crippen molar-refractivity contribution in [2.45, 2.75) is 12.5 Å². The van der Waals surface area contributed by atoms with E-state index in [1.807, 2.05) is 59.5 Å². The van der Waals surface area contributed by atoms with Crippen LogP contribution in [0.3, 0.4) is 0 Å². The molecule has 1 fully saturated rings. The van der Waals surface area contributed by atoms with Crippen LogP contribution in [0, 0.1) is 0 Å². The number of carbonyl (C=O) groups excluding carboxylic acids is 1. The lowest BCUT2D eigenvalue weighted by Gasteiger charge is -2.31. The Morgan fingerprint density at radius 2 is 1.88 bits per heavy atom. The fourth-order valence-corrected chi connectivity index (χ4v) is 3.57. The average Bonchev–Trinajstić information content (AvgIpc) is 2.86. The number of hydrogen-bond donors (Lipinski definition) is 2. The van der Waals surface area contributed by atoms with Crippen molar-refractivity contribution in [1.29, 1.82) is 0 Å². The van der Waals surface area contributed by atoms with Gasteiger partial charge in [0.15, 0.2) is 5.96 Å². The van der Waals surface area contributed by atoms with Gasteiger partial charge in [-0.25, -0.2) is 0 Å². The van der Waals surface area contributed by atoms with Gasteiger partial charge in [0.2, 0.25) is 5.91 Å². The summed E-state index contributed by atoms with van der Waals surface area (Å²) in [6, 6.07) is 17.7. The Labute approximate surface area is 190 Å². The zero-order valence-electron chi connectivity index (χ0n) is 18.6. The van der Waals surface area contributed by atoms with Gasteiger partial charge in [0, 0.05) is 38.8 Å². The number of nitrogens with zero attached hydrogens (tertiary/aromatic N) is 2. The maximum absolute atomic E-state index is 13.3. The van der Waals surface area contributed by atoms with E-state index in [1.165, 1.54) is 0 Å². The fourth-order valence-electron chi connectivity index (χ4n) is 3.57. The average molecular weight is 437 g/mol. The number of aliphatic imine (C=N–C) groups is 1. The van der Waals surface area contributed by atoms with Crippen molar-refractivity contribution < 1.29 is 14.3 Å². The van der Waals surface area contributed by atoms with Crippen molar-refractivity contribution in [3.05, 3.63) is 78.4 Å². The summed E-state index contributed by atoms with van der Waals surface area (Å²) in [6.07, 6.45) is 1.72. The van der Waals surface area contributed by atoms with Crippen LogP contribution in [0.2, 0.25) is 0 Å². The van der Waals surface area contributed by atoms with Crippen LogP contribution in [-0.2, 0) is 16.1 Å².